The van der Waals surface area contributed by atoms with Crippen molar-refractivity contribution in [3.05, 3.63) is 29.3 Å². The molecule has 20 heavy (non-hydrogen) atoms. The smallest absolute Gasteiger partial charge is 0.351 e. The van der Waals surface area contributed by atoms with Gasteiger partial charge in [-0.2, -0.15) is 0 Å². The van der Waals surface area contributed by atoms with Crippen molar-refractivity contribution in [1.82, 2.24) is 0 Å². The first-order valence-electron chi connectivity index (χ1n) is 6.06. The van der Waals surface area contributed by atoms with E-state index >= 15 is 0 Å². The van der Waals surface area contributed by atoms with Crippen LogP contribution in [0.2, 0.25) is 0 Å². The predicted octanol–water partition coefficient (Wildman–Crippen LogP) is 2.31. The van der Waals surface area contributed by atoms with Crippen LogP contribution >= 0.6 is 7.60 Å². The lowest BCUT2D eigenvalue weighted by Crippen LogP contribution is -2.15. The minimum atomic E-state index is -3.59. The van der Waals surface area contributed by atoms with Crippen molar-refractivity contribution in [2.45, 2.75) is 19.6 Å². The minimum absolute atomic E-state index is 0.148. The van der Waals surface area contributed by atoms with Gasteiger partial charge in [0.15, 0.2) is 0 Å². The second kappa shape index (κ2) is 6.85. The third-order valence-corrected chi connectivity index (χ3v) is 4.77. The van der Waals surface area contributed by atoms with Gasteiger partial charge in [0.05, 0.1) is 13.2 Å². The van der Waals surface area contributed by atoms with Gasteiger partial charge in [-0.3, -0.25) is 4.57 Å². The van der Waals surface area contributed by atoms with Crippen molar-refractivity contribution in [1.29, 1.82) is 0 Å². The zero-order valence-corrected chi connectivity index (χ0v) is 12.2. The Morgan fingerprint density at radius 2 is 1.90 bits per heavy atom. The molecular formula is C12H18NO6P. The first-order valence-corrected chi connectivity index (χ1v) is 7.67. The predicted molar refractivity (Wildman–Crippen MR) is 72.9 cm³/mol. The van der Waals surface area contributed by atoms with Crippen LogP contribution in [0.5, 0.6) is 5.75 Å². The van der Waals surface area contributed by atoms with Gasteiger partial charge in [-0.1, -0.05) is 6.07 Å². The molecule has 0 aromatic heterocycles. The van der Waals surface area contributed by atoms with Gasteiger partial charge < -0.3 is 25.0 Å². The van der Waals surface area contributed by atoms with E-state index in [0.29, 0.717) is 0 Å². The number of phenols is 1. The average molecular weight is 303 g/mol. The van der Waals surface area contributed by atoms with Crippen molar-refractivity contribution in [2.75, 3.05) is 13.2 Å². The number of carboxylic acids is 1. The molecule has 1 aromatic carbocycles. The highest BCUT2D eigenvalue weighted by atomic mass is 31.2. The Labute approximate surface area is 116 Å². The van der Waals surface area contributed by atoms with E-state index in [1.165, 1.54) is 12.1 Å². The van der Waals surface area contributed by atoms with Gasteiger partial charge in [-0.15, -0.1) is 0 Å². The summed E-state index contributed by atoms with van der Waals surface area (Å²) in [5.41, 5.74) is 5.81. The fraction of sp³-hybridized carbons (Fsp3) is 0.417. The van der Waals surface area contributed by atoms with E-state index in [-0.39, 0.29) is 24.3 Å². The molecule has 4 N–H and O–H groups in total. The molecule has 0 saturated carbocycles. The van der Waals surface area contributed by atoms with Crippen LogP contribution in [0.4, 0.5) is 0 Å². The fourth-order valence-corrected chi connectivity index (χ4v) is 3.29. The minimum Gasteiger partial charge on any atom is -0.507 e. The Morgan fingerprint density at radius 1 is 1.35 bits per heavy atom. The van der Waals surface area contributed by atoms with Gasteiger partial charge in [-0.05, 0) is 31.5 Å². The number of carboxylic acid groups (broad SMARTS) is 1. The van der Waals surface area contributed by atoms with Gasteiger partial charge in [0.1, 0.15) is 17.1 Å². The molecule has 0 bridgehead atoms. The van der Waals surface area contributed by atoms with E-state index in [0.717, 1.165) is 6.07 Å². The topological polar surface area (TPSA) is 119 Å². The number of hydrogen-bond acceptors (Lipinski definition) is 6. The van der Waals surface area contributed by atoms with Crippen LogP contribution in [-0.4, -0.2) is 29.4 Å². The lowest BCUT2D eigenvalue weighted by molar-refractivity contribution is 0.0693. The van der Waals surface area contributed by atoms with Gasteiger partial charge in [0.2, 0.25) is 0 Å². The lowest BCUT2D eigenvalue weighted by atomic mass is 10.1. The average Bonchev–Trinajstić information content (AvgIpc) is 2.38. The Bertz CT molecular complexity index is 523. The zero-order chi connectivity index (χ0) is 15.3. The van der Waals surface area contributed by atoms with E-state index < -0.39 is 25.1 Å². The first-order chi connectivity index (χ1) is 9.35. The Morgan fingerprint density at radius 3 is 2.35 bits per heavy atom. The molecule has 1 atom stereocenters. The van der Waals surface area contributed by atoms with E-state index in [1.807, 2.05) is 0 Å². The van der Waals surface area contributed by atoms with Crippen LogP contribution in [0.1, 0.15) is 35.6 Å². The van der Waals surface area contributed by atoms with Crippen molar-refractivity contribution in [3.8, 4) is 5.75 Å². The molecule has 0 unspecified atom stereocenters. The van der Waals surface area contributed by atoms with Crippen molar-refractivity contribution in [3.63, 3.8) is 0 Å². The molecule has 0 heterocycles. The van der Waals surface area contributed by atoms with Gasteiger partial charge in [0, 0.05) is 0 Å². The molecule has 7 nitrogen and oxygen atoms in total. The third-order valence-electron chi connectivity index (χ3n) is 2.55. The Hall–Kier alpha value is -1.40. The van der Waals surface area contributed by atoms with Crippen LogP contribution in [0.25, 0.3) is 0 Å². The maximum atomic E-state index is 12.5. The second-order valence-electron chi connectivity index (χ2n) is 3.90. The monoisotopic (exact) mass is 303 g/mol. The molecule has 1 aromatic rings. The molecule has 8 heteroatoms. The highest BCUT2D eigenvalue weighted by Crippen LogP contribution is 2.58. The molecule has 0 saturated heterocycles. The molecule has 1 rings (SSSR count). The molecule has 0 aliphatic carbocycles. The number of nitrogens with two attached hydrogens (primary N) is 1. The summed E-state index contributed by atoms with van der Waals surface area (Å²) in [6.45, 7) is 3.60. The Balaban J connectivity index is 3.18. The quantitative estimate of drug-likeness (QED) is 0.661. The summed E-state index contributed by atoms with van der Waals surface area (Å²) in [6.07, 6.45) is 0. The molecule has 0 radical (unpaired) electrons. The maximum absolute atomic E-state index is 12.5. The standard InChI is InChI=1S/C12H18NO6P/c1-3-18-20(17,19-4-2)11(13)8-5-6-10(14)9(7-8)12(15)16/h5-7,11,14H,3-4,13H2,1-2H3,(H,15,16)/t11-/m1/s1. The summed E-state index contributed by atoms with van der Waals surface area (Å²) in [6, 6.07) is 3.73. The van der Waals surface area contributed by atoms with Crippen LogP contribution in [0.15, 0.2) is 18.2 Å². The number of rotatable bonds is 7. The lowest BCUT2D eigenvalue weighted by Gasteiger charge is -2.23. The second-order valence-corrected chi connectivity index (χ2v) is 6.05. The SMILES string of the molecule is CCOP(=O)(OCC)[C@@H](N)c1ccc(O)c(C(=O)O)c1. The summed E-state index contributed by atoms with van der Waals surface area (Å²) in [7, 11) is -3.59. The zero-order valence-electron chi connectivity index (χ0n) is 11.3. The van der Waals surface area contributed by atoms with Gasteiger partial charge in [0.25, 0.3) is 0 Å². The highest BCUT2D eigenvalue weighted by Gasteiger charge is 2.34. The summed E-state index contributed by atoms with van der Waals surface area (Å²) >= 11 is 0. The molecule has 0 aliphatic heterocycles. The van der Waals surface area contributed by atoms with Gasteiger partial charge in [-0.25, -0.2) is 4.79 Å². The normalized spacial score (nSPS) is 13.2. The molecule has 112 valence electrons. The van der Waals surface area contributed by atoms with Crippen molar-refractivity contribution < 1.29 is 28.6 Å². The van der Waals surface area contributed by atoms with Crippen LogP contribution in [0.3, 0.4) is 0 Å². The van der Waals surface area contributed by atoms with E-state index in [4.69, 9.17) is 19.9 Å². The summed E-state index contributed by atoms with van der Waals surface area (Å²) in [5.74, 6) is -2.82. The number of aromatic hydroxyl groups is 1. The Kier molecular flexibility index (Phi) is 5.71. The fourth-order valence-electron chi connectivity index (χ4n) is 1.65. The molecular weight excluding hydrogens is 285 g/mol. The highest BCUT2D eigenvalue weighted by molar-refractivity contribution is 7.54. The van der Waals surface area contributed by atoms with Crippen molar-refractivity contribution >= 4 is 13.6 Å². The number of aromatic carboxylic acids is 1. The van der Waals surface area contributed by atoms with Crippen LogP contribution < -0.4 is 5.73 Å². The summed E-state index contributed by atoms with van der Waals surface area (Å²) < 4.78 is 22.7. The molecule has 0 amide bonds. The van der Waals surface area contributed by atoms with Gasteiger partial charge >= 0.3 is 13.6 Å². The van der Waals surface area contributed by atoms with E-state index in [2.05, 4.69) is 0 Å². The molecule has 0 aliphatic rings. The number of carbonyl (C=O) groups is 1. The molecule has 0 fully saturated rings. The maximum Gasteiger partial charge on any atom is 0.351 e. The first kappa shape index (κ1) is 16.7. The van der Waals surface area contributed by atoms with Crippen LogP contribution in [-0.2, 0) is 13.6 Å². The van der Waals surface area contributed by atoms with Crippen molar-refractivity contribution in [2.24, 2.45) is 5.73 Å². The van der Waals surface area contributed by atoms with E-state index in [1.54, 1.807) is 13.8 Å². The van der Waals surface area contributed by atoms with E-state index in [9.17, 15) is 14.5 Å². The van der Waals surface area contributed by atoms with Crippen LogP contribution in [0, 0.1) is 0 Å². The number of hydrogen-bond donors (Lipinski definition) is 3. The number of benzene rings is 1. The largest absolute Gasteiger partial charge is 0.507 e. The summed E-state index contributed by atoms with van der Waals surface area (Å²) in [4.78, 5) is 11.0. The molecule has 0 spiro atoms. The summed E-state index contributed by atoms with van der Waals surface area (Å²) in [5, 5.41) is 18.4. The third kappa shape index (κ3) is 3.58.